The van der Waals surface area contributed by atoms with Gasteiger partial charge in [0, 0.05) is 61.5 Å². The fraction of sp³-hybridized carbons (Fsp3) is 0.742. The summed E-state index contributed by atoms with van der Waals surface area (Å²) in [6.07, 6.45) is 4.18. The van der Waals surface area contributed by atoms with Crippen molar-refractivity contribution in [2.24, 2.45) is 11.3 Å². The summed E-state index contributed by atoms with van der Waals surface area (Å²) < 4.78 is 42.5. The number of halogens is 3. The van der Waals surface area contributed by atoms with E-state index in [1.807, 2.05) is 4.90 Å². The van der Waals surface area contributed by atoms with Crippen molar-refractivity contribution in [2.45, 2.75) is 129 Å². The van der Waals surface area contributed by atoms with Gasteiger partial charge in [-0.25, -0.2) is 0 Å². The van der Waals surface area contributed by atoms with Gasteiger partial charge >= 0.3 is 6.18 Å². The van der Waals surface area contributed by atoms with E-state index in [0.717, 1.165) is 49.9 Å². The number of hydrogen-bond acceptors (Lipinski definition) is 5. The van der Waals surface area contributed by atoms with E-state index in [4.69, 9.17) is 0 Å². The molecule has 2 bridgehead atoms. The van der Waals surface area contributed by atoms with Crippen molar-refractivity contribution in [2.75, 3.05) is 6.54 Å². The van der Waals surface area contributed by atoms with Crippen LogP contribution < -0.4 is 0 Å². The van der Waals surface area contributed by atoms with Crippen LogP contribution in [0.1, 0.15) is 113 Å². The predicted molar refractivity (Wildman–Crippen MR) is 149 cm³/mol. The summed E-state index contributed by atoms with van der Waals surface area (Å²) in [4.78, 5) is 22.9. The summed E-state index contributed by atoms with van der Waals surface area (Å²) in [6, 6.07) is 2.96. The molecule has 41 heavy (non-hydrogen) atoms. The van der Waals surface area contributed by atoms with E-state index in [9.17, 15) is 18.0 Å². The number of alkyl halides is 3. The van der Waals surface area contributed by atoms with Crippen LogP contribution in [0, 0.1) is 18.3 Å². The van der Waals surface area contributed by atoms with Gasteiger partial charge in [-0.1, -0.05) is 27.7 Å². The van der Waals surface area contributed by atoms with Gasteiger partial charge < -0.3 is 9.47 Å². The third-order valence-corrected chi connectivity index (χ3v) is 10.7. The standard InChI is InChI=1S/C31H43F3N6O/c1-18(2)28-37-36-20(5)39(28)26-13-23-6-7-24(14-26)40(23)25-8-10-30(15-25,19(3)4)29(41)38-11-9-27-21(17-38)12-22(16-35-27)31(32,33)34/h12,16,18-19,23-26H,6-11,13-15,17H2,1-5H3/t23?,24?,25?,26?,30-/m0/s1. The van der Waals surface area contributed by atoms with Crippen LogP contribution >= 0.6 is 0 Å². The number of rotatable bonds is 5. The Bertz CT molecular complexity index is 1290. The lowest BCUT2D eigenvalue weighted by atomic mass is 9.73. The second kappa shape index (κ2) is 10.3. The smallest absolute Gasteiger partial charge is 0.337 e. The SMILES string of the molecule is Cc1nnc(C(C)C)n1C1CC2CCC(C1)N2C1CC[C@@](C(=O)N2CCc3ncc(C(F)(F)F)cc3C2)(C(C)C)C1. The minimum absolute atomic E-state index is 0.113. The number of carbonyl (C=O) groups is 1. The van der Waals surface area contributed by atoms with Gasteiger partial charge in [0.25, 0.3) is 0 Å². The maximum absolute atomic E-state index is 14.3. The predicted octanol–water partition coefficient (Wildman–Crippen LogP) is 6.07. The summed E-state index contributed by atoms with van der Waals surface area (Å²) in [6.45, 7) is 11.4. The van der Waals surface area contributed by atoms with E-state index in [2.05, 4.69) is 59.3 Å². The number of aryl methyl sites for hydroxylation is 1. The van der Waals surface area contributed by atoms with Gasteiger partial charge in [-0.2, -0.15) is 13.2 Å². The zero-order chi connectivity index (χ0) is 29.3. The van der Waals surface area contributed by atoms with E-state index < -0.39 is 17.2 Å². The molecule has 1 aliphatic carbocycles. The lowest BCUT2D eigenvalue weighted by Gasteiger charge is -2.45. The first kappa shape index (κ1) is 28.6. The molecule has 0 radical (unpaired) electrons. The van der Waals surface area contributed by atoms with Crippen molar-refractivity contribution in [3.63, 3.8) is 0 Å². The van der Waals surface area contributed by atoms with E-state index in [-0.39, 0.29) is 18.4 Å². The van der Waals surface area contributed by atoms with Crippen LogP contribution in [0.2, 0.25) is 0 Å². The number of hydrogen-bond donors (Lipinski definition) is 0. The molecule has 7 nitrogen and oxygen atoms in total. The molecule has 3 fully saturated rings. The van der Waals surface area contributed by atoms with Crippen LogP contribution in [-0.2, 0) is 23.9 Å². The molecule has 3 unspecified atom stereocenters. The summed E-state index contributed by atoms with van der Waals surface area (Å²) in [5.41, 5.74) is -0.0269. The molecule has 6 rings (SSSR count). The largest absolute Gasteiger partial charge is 0.417 e. The highest BCUT2D eigenvalue weighted by molar-refractivity contribution is 5.83. The first-order chi connectivity index (χ1) is 19.4. The molecule has 10 heteroatoms. The molecular formula is C31H43F3N6O. The Morgan fingerprint density at radius 3 is 2.37 bits per heavy atom. The van der Waals surface area contributed by atoms with Crippen LogP contribution in [0.15, 0.2) is 12.3 Å². The Balaban J connectivity index is 1.19. The second-order valence-corrected chi connectivity index (χ2v) is 13.6. The first-order valence-electron chi connectivity index (χ1n) is 15.4. The number of piperidine rings is 1. The van der Waals surface area contributed by atoms with Gasteiger partial charge in [-0.05, 0) is 69.4 Å². The molecule has 4 aliphatic rings. The Morgan fingerprint density at radius 1 is 1.02 bits per heavy atom. The molecule has 1 amide bonds. The Hall–Kier alpha value is -2.49. The van der Waals surface area contributed by atoms with Crippen molar-refractivity contribution in [3.05, 3.63) is 40.7 Å². The monoisotopic (exact) mass is 572 g/mol. The van der Waals surface area contributed by atoms with Gasteiger partial charge in [-0.3, -0.25) is 14.7 Å². The van der Waals surface area contributed by atoms with Gasteiger partial charge in [0.15, 0.2) is 0 Å². The Kier molecular flexibility index (Phi) is 7.22. The van der Waals surface area contributed by atoms with Crippen LogP contribution in [0.3, 0.4) is 0 Å². The molecule has 0 spiro atoms. The van der Waals surface area contributed by atoms with E-state index in [1.54, 1.807) is 0 Å². The lowest BCUT2D eigenvalue weighted by molar-refractivity contribution is -0.146. The average Bonchev–Trinajstić information content (AvgIpc) is 3.61. The van der Waals surface area contributed by atoms with Gasteiger partial charge in [0.2, 0.25) is 5.91 Å². The molecule has 224 valence electrons. The highest BCUT2D eigenvalue weighted by atomic mass is 19.4. The van der Waals surface area contributed by atoms with Crippen molar-refractivity contribution >= 4 is 5.91 Å². The molecule has 4 atom stereocenters. The zero-order valence-corrected chi connectivity index (χ0v) is 24.9. The quantitative estimate of drug-likeness (QED) is 0.435. The molecule has 0 N–H and O–H groups in total. The molecule has 1 saturated carbocycles. The molecule has 0 aromatic carbocycles. The second-order valence-electron chi connectivity index (χ2n) is 13.6. The summed E-state index contributed by atoms with van der Waals surface area (Å²) in [7, 11) is 0. The summed E-state index contributed by atoms with van der Waals surface area (Å²) >= 11 is 0. The highest BCUT2D eigenvalue weighted by Crippen LogP contribution is 2.52. The third-order valence-electron chi connectivity index (χ3n) is 10.7. The number of aromatic nitrogens is 4. The Labute approximate surface area is 240 Å². The normalized spacial score (nSPS) is 30.4. The van der Waals surface area contributed by atoms with Crippen molar-refractivity contribution < 1.29 is 18.0 Å². The van der Waals surface area contributed by atoms with Gasteiger partial charge in [0.05, 0.1) is 11.0 Å². The zero-order valence-electron chi connectivity index (χ0n) is 24.9. The van der Waals surface area contributed by atoms with Crippen LogP contribution in [0.25, 0.3) is 0 Å². The average molecular weight is 573 g/mol. The number of nitrogens with zero attached hydrogens (tertiary/aromatic N) is 6. The summed E-state index contributed by atoms with van der Waals surface area (Å²) in [5.74, 6) is 2.67. The van der Waals surface area contributed by atoms with Crippen LogP contribution in [0.4, 0.5) is 13.2 Å². The number of amides is 1. The van der Waals surface area contributed by atoms with E-state index >= 15 is 0 Å². The lowest BCUT2D eigenvalue weighted by Crippen LogP contribution is -2.51. The van der Waals surface area contributed by atoms with Crippen LogP contribution in [-0.4, -0.2) is 60.1 Å². The molecule has 3 aliphatic heterocycles. The number of carbonyl (C=O) groups excluding carboxylic acids is 1. The molecule has 2 saturated heterocycles. The fourth-order valence-electron chi connectivity index (χ4n) is 8.56. The molecule has 2 aromatic heterocycles. The van der Waals surface area contributed by atoms with Gasteiger partial charge in [-0.15, -0.1) is 10.2 Å². The molecule has 2 aromatic rings. The van der Waals surface area contributed by atoms with Gasteiger partial charge in [0.1, 0.15) is 11.6 Å². The topological polar surface area (TPSA) is 67.2 Å². The molecule has 5 heterocycles. The number of fused-ring (bicyclic) bond motifs is 3. The Morgan fingerprint density at radius 2 is 1.73 bits per heavy atom. The van der Waals surface area contributed by atoms with E-state index in [1.165, 1.54) is 18.9 Å². The van der Waals surface area contributed by atoms with Crippen molar-refractivity contribution in [3.8, 4) is 0 Å². The maximum Gasteiger partial charge on any atom is 0.417 e. The summed E-state index contributed by atoms with van der Waals surface area (Å²) in [5, 5.41) is 8.90. The molecular weight excluding hydrogens is 529 g/mol. The van der Waals surface area contributed by atoms with Crippen molar-refractivity contribution in [1.82, 2.24) is 29.5 Å². The fourth-order valence-corrected chi connectivity index (χ4v) is 8.56. The van der Waals surface area contributed by atoms with Crippen LogP contribution in [0.5, 0.6) is 0 Å². The number of pyridine rings is 1. The van der Waals surface area contributed by atoms with E-state index in [0.29, 0.717) is 54.3 Å². The highest BCUT2D eigenvalue weighted by Gasteiger charge is 2.54. The minimum atomic E-state index is -4.44. The maximum atomic E-state index is 14.3. The van der Waals surface area contributed by atoms with Crippen molar-refractivity contribution in [1.29, 1.82) is 0 Å². The first-order valence-corrected chi connectivity index (χ1v) is 15.4. The third kappa shape index (κ3) is 4.87. The minimum Gasteiger partial charge on any atom is -0.337 e.